The van der Waals surface area contributed by atoms with Crippen LogP contribution in [0.2, 0.25) is 0 Å². The number of aromatic carboxylic acids is 1. The van der Waals surface area contributed by atoms with Gasteiger partial charge in [0.1, 0.15) is 0 Å². The van der Waals surface area contributed by atoms with Crippen LogP contribution < -0.4 is 0 Å². The predicted molar refractivity (Wildman–Crippen MR) is 53.6 cm³/mol. The van der Waals surface area contributed by atoms with Gasteiger partial charge in [-0.2, -0.15) is 0 Å². The van der Waals surface area contributed by atoms with Crippen LogP contribution in [0.4, 0.5) is 0 Å². The van der Waals surface area contributed by atoms with Crippen LogP contribution in [0.15, 0.2) is 34.7 Å². The van der Waals surface area contributed by atoms with Crippen LogP contribution in [0.5, 0.6) is 0 Å². The number of hydrogen-bond acceptors (Lipinski definition) is 3. The Morgan fingerprint density at radius 2 is 2.00 bits per heavy atom. The van der Waals surface area contributed by atoms with Gasteiger partial charge in [0.05, 0.1) is 5.69 Å². The third kappa shape index (κ3) is 1.74. The highest BCUT2D eigenvalue weighted by Crippen LogP contribution is 2.21. The Morgan fingerprint density at radius 1 is 1.33 bits per heavy atom. The monoisotopic (exact) mass is 203 g/mol. The van der Waals surface area contributed by atoms with E-state index in [0.29, 0.717) is 11.6 Å². The minimum absolute atomic E-state index is 0.103. The van der Waals surface area contributed by atoms with Gasteiger partial charge in [-0.25, -0.2) is 9.78 Å². The Balaban J connectivity index is 2.48. The first-order valence-corrected chi connectivity index (χ1v) is 4.44. The number of carbonyl (C=O) groups is 1. The molecule has 0 aliphatic rings. The molecular weight excluding hydrogens is 194 g/mol. The second-order valence-corrected chi connectivity index (χ2v) is 3.10. The molecule has 1 aromatic heterocycles. The highest BCUT2D eigenvalue weighted by molar-refractivity contribution is 5.86. The second kappa shape index (κ2) is 3.57. The molecule has 0 spiro atoms. The van der Waals surface area contributed by atoms with Crippen molar-refractivity contribution in [1.29, 1.82) is 0 Å². The van der Waals surface area contributed by atoms with Crippen molar-refractivity contribution in [1.82, 2.24) is 4.98 Å². The summed E-state index contributed by atoms with van der Waals surface area (Å²) >= 11 is 0. The number of rotatable bonds is 2. The highest BCUT2D eigenvalue weighted by atomic mass is 16.4. The van der Waals surface area contributed by atoms with Crippen molar-refractivity contribution in [3.05, 3.63) is 41.8 Å². The number of benzene rings is 1. The van der Waals surface area contributed by atoms with Crippen molar-refractivity contribution in [2.45, 2.75) is 6.92 Å². The number of aromatic nitrogens is 1. The van der Waals surface area contributed by atoms with Crippen LogP contribution in [0.1, 0.15) is 16.2 Å². The van der Waals surface area contributed by atoms with E-state index in [1.807, 2.05) is 30.3 Å². The van der Waals surface area contributed by atoms with Crippen molar-refractivity contribution >= 4 is 5.97 Å². The topological polar surface area (TPSA) is 63.3 Å². The van der Waals surface area contributed by atoms with Crippen LogP contribution in [0.3, 0.4) is 0 Å². The first-order chi connectivity index (χ1) is 7.18. The van der Waals surface area contributed by atoms with E-state index in [4.69, 9.17) is 9.52 Å². The molecule has 0 bridgehead atoms. The maximum atomic E-state index is 10.7. The molecule has 1 heterocycles. The first-order valence-electron chi connectivity index (χ1n) is 4.44. The van der Waals surface area contributed by atoms with Gasteiger partial charge in [0.2, 0.25) is 11.7 Å². The summed E-state index contributed by atoms with van der Waals surface area (Å²) < 4.78 is 5.15. The molecule has 0 amide bonds. The molecule has 0 saturated heterocycles. The molecule has 1 N–H and O–H groups in total. The van der Waals surface area contributed by atoms with Crippen LogP contribution in [-0.2, 0) is 0 Å². The fourth-order valence-corrected chi connectivity index (χ4v) is 1.30. The second-order valence-electron chi connectivity index (χ2n) is 3.10. The summed E-state index contributed by atoms with van der Waals surface area (Å²) in [5, 5.41) is 8.79. The SMILES string of the molecule is Cc1nc(-c2ccccc2)oc1C(=O)O. The molecule has 1 aromatic carbocycles. The molecule has 0 saturated carbocycles. The van der Waals surface area contributed by atoms with E-state index < -0.39 is 5.97 Å². The fraction of sp³-hybridized carbons (Fsp3) is 0.0909. The molecule has 4 nitrogen and oxygen atoms in total. The van der Waals surface area contributed by atoms with Gasteiger partial charge in [-0.15, -0.1) is 0 Å². The van der Waals surface area contributed by atoms with Crippen LogP contribution >= 0.6 is 0 Å². The van der Waals surface area contributed by atoms with Crippen LogP contribution in [-0.4, -0.2) is 16.1 Å². The van der Waals surface area contributed by atoms with Crippen molar-refractivity contribution in [3.8, 4) is 11.5 Å². The number of carboxylic acid groups (broad SMARTS) is 1. The van der Waals surface area contributed by atoms with Crippen molar-refractivity contribution in [2.75, 3.05) is 0 Å². The molecule has 0 aliphatic carbocycles. The summed E-state index contributed by atoms with van der Waals surface area (Å²) in [4.78, 5) is 14.8. The maximum absolute atomic E-state index is 10.7. The number of nitrogens with zero attached hydrogens (tertiary/aromatic N) is 1. The molecule has 2 aromatic rings. The van der Waals surface area contributed by atoms with Crippen molar-refractivity contribution in [3.63, 3.8) is 0 Å². The Morgan fingerprint density at radius 3 is 2.53 bits per heavy atom. The Labute approximate surface area is 86.2 Å². The lowest BCUT2D eigenvalue weighted by molar-refractivity contribution is 0.0662. The van der Waals surface area contributed by atoms with Gasteiger partial charge in [0.15, 0.2) is 0 Å². The minimum atomic E-state index is -1.10. The lowest BCUT2D eigenvalue weighted by Crippen LogP contribution is -1.95. The highest BCUT2D eigenvalue weighted by Gasteiger charge is 2.16. The van der Waals surface area contributed by atoms with E-state index in [9.17, 15) is 4.79 Å². The number of hydrogen-bond donors (Lipinski definition) is 1. The van der Waals surface area contributed by atoms with Crippen LogP contribution in [0, 0.1) is 6.92 Å². The molecule has 0 radical (unpaired) electrons. The smallest absolute Gasteiger partial charge is 0.373 e. The first kappa shape index (κ1) is 9.45. The molecule has 0 unspecified atom stereocenters. The Hall–Kier alpha value is -2.10. The van der Waals surface area contributed by atoms with Gasteiger partial charge in [-0.1, -0.05) is 18.2 Å². The quantitative estimate of drug-likeness (QED) is 0.813. The molecule has 2 rings (SSSR count). The lowest BCUT2D eigenvalue weighted by Gasteiger charge is -1.92. The molecule has 0 fully saturated rings. The summed E-state index contributed by atoms with van der Waals surface area (Å²) in [7, 11) is 0. The van der Waals surface area contributed by atoms with E-state index in [2.05, 4.69) is 4.98 Å². The Bertz CT molecular complexity index is 488. The van der Waals surface area contributed by atoms with Gasteiger partial charge in [0.25, 0.3) is 0 Å². The zero-order chi connectivity index (χ0) is 10.8. The van der Waals surface area contributed by atoms with E-state index in [1.54, 1.807) is 6.92 Å². The molecular formula is C11H9NO3. The van der Waals surface area contributed by atoms with E-state index in [1.165, 1.54) is 0 Å². The molecule has 4 heteroatoms. The predicted octanol–water partition coefficient (Wildman–Crippen LogP) is 2.35. The van der Waals surface area contributed by atoms with Gasteiger partial charge >= 0.3 is 5.97 Å². The zero-order valence-corrected chi connectivity index (χ0v) is 8.10. The summed E-state index contributed by atoms with van der Waals surface area (Å²) in [5.74, 6) is -0.860. The number of carboxylic acids is 1. The van der Waals surface area contributed by atoms with Gasteiger partial charge < -0.3 is 9.52 Å². The average Bonchev–Trinajstić information content (AvgIpc) is 2.62. The summed E-state index contributed by atoms with van der Waals surface area (Å²) in [5.41, 5.74) is 1.16. The van der Waals surface area contributed by atoms with Gasteiger partial charge in [-0.05, 0) is 19.1 Å². The van der Waals surface area contributed by atoms with E-state index in [-0.39, 0.29) is 5.76 Å². The fourth-order valence-electron chi connectivity index (χ4n) is 1.30. The average molecular weight is 203 g/mol. The van der Waals surface area contributed by atoms with Crippen molar-refractivity contribution < 1.29 is 14.3 Å². The third-order valence-corrected chi connectivity index (χ3v) is 2.01. The largest absolute Gasteiger partial charge is 0.475 e. The molecule has 0 atom stereocenters. The van der Waals surface area contributed by atoms with Crippen molar-refractivity contribution in [2.24, 2.45) is 0 Å². The normalized spacial score (nSPS) is 10.2. The summed E-state index contributed by atoms with van der Waals surface area (Å²) in [6.07, 6.45) is 0. The minimum Gasteiger partial charge on any atom is -0.475 e. The molecule has 15 heavy (non-hydrogen) atoms. The maximum Gasteiger partial charge on any atom is 0.373 e. The number of aryl methyl sites for hydroxylation is 1. The zero-order valence-electron chi connectivity index (χ0n) is 8.10. The van der Waals surface area contributed by atoms with Gasteiger partial charge in [-0.3, -0.25) is 0 Å². The molecule has 76 valence electrons. The van der Waals surface area contributed by atoms with Crippen LogP contribution in [0.25, 0.3) is 11.5 Å². The van der Waals surface area contributed by atoms with E-state index in [0.717, 1.165) is 5.56 Å². The standard InChI is InChI=1S/C11H9NO3/c1-7-9(11(13)14)15-10(12-7)8-5-3-2-4-6-8/h2-6H,1H3,(H,13,14). The summed E-state index contributed by atoms with van der Waals surface area (Å²) in [6, 6.07) is 9.19. The Kier molecular flexibility index (Phi) is 2.25. The van der Waals surface area contributed by atoms with E-state index >= 15 is 0 Å². The number of oxazole rings is 1. The molecule has 0 aliphatic heterocycles. The lowest BCUT2D eigenvalue weighted by atomic mass is 10.2. The third-order valence-electron chi connectivity index (χ3n) is 2.01. The van der Waals surface area contributed by atoms with Gasteiger partial charge in [0, 0.05) is 5.56 Å². The summed E-state index contributed by atoms with van der Waals surface area (Å²) in [6.45, 7) is 1.61.